The number of hydrogen-bond acceptors (Lipinski definition) is 4. The first kappa shape index (κ1) is 23.3. The molecule has 0 amide bonds. The second kappa shape index (κ2) is 11.2. The van der Waals surface area contributed by atoms with Crippen molar-refractivity contribution in [1.82, 2.24) is 15.6 Å². The minimum Gasteiger partial charge on any atom is -0.382 e. The Morgan fingerprint density at radius 2 is 2.00 bits per heavy atom. The third-order valence-corrected chi connectivity index (χ3v) is 5.32. The second-order valence-electron chi connectivity index (χ2n) is 7.33. The Bertz CT molecular complexity index is 645. The topological polar surface area (TPSA) is 70.6 Å². The van der Waals surface area contributed by atoms with Gasteiger partial charge in [-0.05, 0) is 43.7 Å². The first-order valence-electron chi connectivity index (χ1n) is 10.2. The zero-order valence-corrected chi connectivity index (χ0v) is 17.2. The molecule has 1 fully saturated rings. The molecular formula is C20H32F3N5O. The van der Waals surface area contributed by atoms with Gasteiger partial charge in [0.05, 0.1) is 5.56 Å². The Labute approximate surface area is 170 Å². The van der Waals surface area contributed by atoms with Crippen LogP contribution < -0.4 is 16.0 Å². The smallest absolute Gasteiger partial charge is 0.382 e. The number of pyridine rings is 1. The van der Waals surface area contributed by atoms with Crippen LogP contribution in [-0.4, -0.2) is 50.8 Å². The molecule has 0 radical (unpaired) electrons. The molecule has 1 aliphatic rings. The van der Waals surface area contributed by atoms with E-state index in [1.165, 1.54) is 37.9 Å². The highest BCUT2D eigenvalue weighted by atomic mass is 19.4. The highest BCUT2D eigenvalue weighted by Crippen LogP contribution is 2.40. The average Bonchev–Trinajstić information content (AvgIpc) is 3.16. The zero-order valence-electron chi connectivity index (χ0n) is 17.2. The largest absolute Gasteiger partial charge is 0.419 e. The first-order valence-corrected chi connectivity index (χ1v) is 10.2. The van der Waals surface area contributed by atoms with Crippen molar-refractivity contribution >= 4 is 11.8 Å². The van der Waals surface area contributed by atoms with Crippen molar-refractivity contribution in [3.8, 4) is 0 Å². The fourth-order valence-electron chi connectivity index (χ4n) is 3.70. The molecule has 1 aromatic rings. The van der Waals surface area contributed by atoms with Gasteiger partial charge in [0.2, 0.25) is 0 Å². The zero-order chi connectivity index (χ0) is 21.2. The van der Waals surface area contributed by atoms with E-state index in [0.29, 0.717) is 12.5 Å². The molecule has 1 saturated carbocycles. The molecular weight excluding hydrogens is 383 g/mol. The average molecular weight is 416 g/mol. The van der Waals surface area contributed by atoms with Gasteiger partial charge in [0, 0.05) is 46.1 Å². The van der Waals surface area contributed by atoms with Crippen LogP contribution in [0.4, 0.5) is 19.0 Å². The van der Waals surface area contributed by atoms with E-state index in [2.05, 4.69) is 25.9 Å². The molecule has 3 N–H and O–H groups in total. The summed E-state index contributed by atoms with van der Waals surface area (Å²) in [6, 6.07) is 2.30. The molecule has 0 aromatic carbocycles. The van der Waals surface area contributed by atoms with Crippen LogP contribution in [-0.2, 0) is 10.9 Å². The molecule has 164 valence electrons. The minimum absolute atomic E-state index is 0.162. The number of alkyl halides is 3. The predicted molar refractivity (Wildman–Crippen MR) is 109 cm³/mol. The van der Waals surface area contributed by atoms with Crippen LogP contribution in [0.3, 0.4) is 0 Å². The summed E-state index contributed by atoms with van der Waals surface area (Å²) in [7, 11) is 1.69. The molecule has 1 aliphatic carbocycles. The van der Waals surface area contributed by atoms with Crippen molar-refractivity contribution in [2.75, 3.05) is 45.2 Å². The number of nitrogens with zero attached hydrogens (tertiary/aromatic N) is 2. The van der Waals surface area contributed by atoms with E-state index in [4.69, 9.17) is 4.74 Å². The van der Waals surface area contributed by atoms with Gasteiger partial charge in [-0.2, -0.15) is 13.2 Å². The first-order chi connectivity index (χ1) is 13.9. The molecule has 1 heterocycles. The van der Waals surface area contributed by atoms with Gasteiger partial charge in [-0.25, -0.2) is 4.98 Å². The molecule has 0 aliphatic heterocycles. The van der Waals surface area contributed by atoms with Gasteiger partial charge in [-0.15, -0.1) is 0 Å². The maximum Gasteiger partial charge on any atom is 0.419 e. The van der Waals surface area contributed by atoms with Gasteiger partial charge in [0.1, 0.15) is 5.82 Å². The highest BCUT2D eigenvalue weighted by Gasteiger charge is 2.34. The summed E-state index contributed by atoms with van der Waals surface area (Å²) in [5, 5.41) is 9.26. The van der Waals surface area contributed by atoms with Crippen molar-refractivity contribution in [3.63, 3.8) is 0 Å². The Kier molecular flexibility index (Phi) is 9.00. The molecule has 0 bridgehead atoms. The molecule has 6 nitrogen and oxygen atoms in total. The number of nitrogens with one attached hydrogen (secondary N) is 3. The standard InChI is InChI=1S/C20H32F3N5O/c1-3-29-14-10-19(8-4-5-9-19)15-28-18(24-2)27-13-12-26-17-16(20(21,22)23)7-6-11-25-17/h6-7,11H,3-5,8-10,12-15H2,1-2H3,(H,25,26)(H2,24,27,28). The Balaban J connectivity index is 1.78. The summed E-state index contributed by atoms with van der Waals surface area (Å²) in [6.07, 6.45) is 2.74. The highest BCUT2D eigenvalue weighted by molar-refractivity contribution is 5.79. The molecule has 0 spiro atoms. The lowest BCUT2D eigenvalue weighted by molar-refractivity contribution is -0.137. The third kappa shape index (κ3) is 7.38. The Morgan fingerprint density at radius 3 is 2.66 bits per heavy atom. The van der Waals surface area contributed by atoms with Gasteiger partial charge >= 0.3 is 6.18 Å². The number of aliphatic imine (C=N–C) groups is 1. The van der Waals surface area contributed by atoms with Gasteiger partial charge in [0.25, 0.3) is 0 Å². The fraction of sp³-hybridized carbons (Fsp3) is 0.700. The molecule has 0 saturated heterocycles. The number of hydrogen-bond donors (Lipinski definition) is 3. The number of aromatic nitrogens is 1. The molecule has 0 unspecified atom stereocenters. The maximum atomic E-state index is 13.0. The lowest BCUT2D eigenvalue weighted by atomic mass is 9.83. The van der Waals surface area contributed by atoms with Crippen molar-refractivity contribution in [2.45, 2.75) is 45.2 Å². The summed E-state index contributed by atoms with van der Waals surface area (Å²) in [5.41, 5.74) is -0.541. The van der Waals surface area contributed by atoms with Crippen LogP contribution in [0, 0.1) is 5.41 Å². The van der Waals surface area contributed by atoms with E-state index in [1.807, 2.05) is 6.92 Å². The third-order valence-electron chi connectivity index (χ3n) is 5.32. The van der Waals surface area contributed by atoms with E-state index in [-0.39, 0.29) is 17.8 Å². The van der Waals surface area contributed by atoms with E-state index in [1.54, 1.807) is 7.05 Å². The Hall–Kier alpha value is -2.03. The number of ether oxygens (including phenoxy) is 1. The van der Waals surface area contributed by atoms with Gasteiger partial charge in [0.15, 0.2) is 5.96 Å². The fourth-order valence-corrected chi connectivity index (χ4v) is 3.70. The second-order valence-corrected chi connectivity index (χ2v) is 7.33. The summed E-state index contributed by atoms with van der Waals surface area (Å²) in [5.74, 6) is 0.483. The van der Waals surface area contributed by atoms with E-state index in [0.717, 1.165) is 32.2 Å². The molecule has 2 rings (SSSR count). The van der Waals surface area contributed by atoms with E-state index < -0.39 is 11.7 Å². The molecule has 0 atom stereocenters. The van der Waals surface area contributed by atoms with Gasteiger partial charge in [-0.3, -0.25) is 4.99 Å². The SMILES string of the molecule is CCOCCC1(CNC(=NC)NCCNc2ncccc2C(F)(F)F)CCCC1. The summed E-state index contributed by atoms with van der Waals surface area (Å²) < 4.78 is 44.5. The van der Waals surface area contributed by atoms with Crippen LogP contribution in [0.2, 0.25) is 0 Å². The quantitative estimate of drug-likeness (QED) is 0.309. The van der Waals surface area contributed by atoms with Crippen LogP contribution >= 0.6 is 0 Å². The molecule has 1 aromatic heterocycles. The van der Waals surface area contributed by atoms with Crippen LogP contribution in [0.25, 0.3) is 0 Å². The van der Waals surface area contributed by atoms with E-state index >= 15 is 0 Å². The van der Waals surface area contributed by atoms with Crippen LogP contribution in [0.15, 0.2) is 23.3 Å². The normalized spacial score (nSPS) is 16.7. The van der Waals surface area contributed by atoms with Crippen LogP contribution in [0.5, 0.6) is 0 Å². The lowest BCUT2D eigenvalue weighted by Gasteiger charge is -2.30. The van der Waals surface area contributed by atoms with Gasteiger partial charge < -0.3 is 20.7 Å². The number of halogens is 3. The van der Waals surface area contributed by atoms with Crippen LogP contribution in [0.1, 0.15) is 44.6 Å². The Morgan fingerprint density at radius 1 is 1.24 bits per heavy atom. The number of guanidine groups is 1. The predicted octanol–water partition coefficient (Wildman–Crippen LogP) is 3.66. The molecule has 9 heteroatoms. The number of anilines is 1. The van der Waals surface area contributed by atoms with Crippen molar-refractivity contribution < 1.29 is 17.9 Å². The van der Waals surface area contributed by atoms with Crippen molar-refractivity contribution in [3.05, 3.63) is 23.9 Å². The van der Waals surface area contributed by atoms with Crippen molar-refractivity contribution in [1.29, 1.82) is 0 Å². The summed E-state index contributed by atoms with van der Waals surface area (Å²) >= 11 is 0. The van der Waals surface area contributed by atoms with Crippen molar-refractivity contribution in [2.24, 2.45) is 10.4 Å². The van der Waals surface area contributed by atoms with E-state index in [9.17, 15) is 13.2 Å². The monoisotopic (exact) mass is 415 g/mol. The number of rotatable bonds is 10. The summed E-state index contributed by atoms with van der Waals surface area (Å²) in [6.45, 7) is 5.01. The maximum absolute atomic E-state index is 13.0. The lowest BCUT2D eigenvalue weighted by Crippen LogP contribution is -2.44. The van der Waals surface area contributed by atoms with Gasteiger partial charge in [-0.1, -0.05) is 12.8 Å². The summed E-state index contributed by atoms with van der Waals surface area (Å²) in [4.78, 5) is 8.02. The molecule has 29 heavy (non-hydrogen) atoms. The minimum atomic E-state index is -4.43.